The van der Waals surface area contributed by atoms with Gasteiger partial charge in [-0.3, -0.25) is 9.48 Å². The maximum Gasteiger partial charge on any atom is 0.168 e. The molecule has 0 bridgehead atoms. The number of fused-ring (bicyclic) bond motifs is 1. The molecular weight excluding hydrogens is 362 g/mol. The van der Waals surface area contributed by atoms with E-state index in [2.05, 4.69) is 26.3 Å². The standard InChI is InChI=1S/C23H23N5O/c1-27(2)14-16-4-6-17(7-5-16)23(29)12-21-11-19-10-18(8-9-22(19)26-25-21)20-13-24-28(3)15-20/h4-11,13,15H,12,14H2,1-3H3. The molecule has 0 radical (unpaired) electrons. The molecule has 0 aliphatic heterocycles. The Labute approximate surface area is 169 Å². The van der Waals surface area contributed by atoms with Gasteiger partial charge in [-0.25, -0.2) is 0 Å². The van der Waals surface area contributed by atoms with E-state index < -0.39 is 0 Å². The summed E-state index contributed by atoms with van der Waals surface area (Å²) in [5, 5.41) is 13.7. The Hall–Kier alpha value is -3.38. The van der Waals surface area contributed by atoms with Gasteiger partial charge in [-0.15, -0.1) is 0 Å². The van der Waals surface area contributed by atoms with Crippen LogP contribution in [-0.2, 0) is 20.0 Å². The van der Waals surface area contributed by atoms with Crippen LogP contribution in [0.3, 0.4) is 0 Å². The van der Waals surface area contributed by atoms with Crippen molar-refractivity contribution in [1.82, 2.24) is 24.9 Å². The molecule has 0 N–H and O–H groups in total. The van der Waals surface area contributed by atoms with Gasteiger partial charge < -0.3 is 4.90 Å². The van der Waals surface area contributed by atoms with Gasteiger partial charge in [0.05, 0.1) is 23.8 Å². The Morgan fingerprint density at radius 1 is 1.00 bits per heavy atom. The zero-order valence-electron chi connectivity index (χ0n) is 16.8. The Balaban J connectivity index is 1.55. The van der Waals surface area contributed by atoms with E-state index in [0.29, 0.717) is 11.3 Å². The number of aromatic nitrogens is 4. The molecular formula is C23H23N5O. The van der Waals surface area contributed by atoms with Gasteiger partial charge in [0, 0.05) is 36.3 Å². The summed E-state index contributed by atoms with van der Waals surface area (Å²) in [7, 11) is 5.95. The van der Waals surface area contributed by atoms with Gasteiger partial charge in [-0.05, 0) is 43.4 Å². The summed E-state index contributed by atoms with van der Waals surface area (Å²) in [4.78, 5) is 14.8. The van der Waals surface area contributed by atoms with Crippen molar-refractivity contribution in [2.75, 3.05) is 14.1 Å². The van der Waals surface area contributed by atoms with Gasteiger partial charge in [-0.1, -0.05) is 30.3 Å². The van der Waals surface area contributed by atoms with Crippen LogP contribution in [0.2, 0.25) is 0 Å². The highest BCUT2D eigenvalue weighted by Gasteiger charge is 2.11. The Morgan fingerprint density at radius 3 is 2.48 bits per heavy atom. The molecule has 0 aliphatic carbocycles. The van der Waals surface area contributed by atoms with E-state index in [9.17, 15) is 4.79 Å². The van der Waals surface area contributed by atoms with Crippen LogP contribution in [0.1, 0.15) is 21.6 Å². The molecule has 0 amide bonds. The van der Waals surface area contributed by atoms with E-state index >= 15 is 0 Å². The van der Waals surface area contributed by atoms with Crippen LogP contribution in [0.5, 0.6) is 0 Å². The van der Waals surface area contributed by atoms with Crippen LogP contribution < -0.4 is 0 Å². The maximum atomic E-state index is 12.7. The molecule has 0 unspecified atom stereocenters. The zero-order valence-corrected chi connectivity index (χ0v) is 16.8. The third kappa shape index (κ3) is 4.38. The summed E-state index contributed by atoms with van der Waals surface area (Å²) in [5.74, 6) is 0.0402. The highest BCUT2D eigenvalue weighted by molar-refractivity contribution is 5.97. The summed E-state index contributed by atoms with van der Waals surface area (Å²) < 4.78 is 1.78. The average Bonchev–Trinajstić information content (AvgIpc) is 3.14. The molecule has 6 heteroatoms. The summed E-state index contributed by atoms with van der Waals surface area (Å²) in [6.45, 7) is 0.851. The fourth-order valence-corrected chi connectivity index (χ4v) is 3.35. The van der Waals surface area contributed by atoms with E-state index in [1.54, 1.807) is 4.68 Å². The van der Waals surface area contributed by atoms with E-state index in [-0.39, 0.29) is 12.2 Å². The fraction of sp³-hybridized carbons (Fsp3) is 0.217. The summed E-state index contributed by atoms with van der Waals surface area (Å²) in [5.41, 5.74) is 5.46. The first-order chi connectivity index (χ1) is 14.0. The van der Waals surface area contributed by atoms with E-state index in [1.807, 2.05) is 76.0 Å². The van der Waals surface area contributed by atoms with E-state index in [0.717, 1.165) is 28.6 Å². The van der Waals surface area contributed by atoms with Crippen molar-refractivity contribution in [1.29, 1.82) is 0 Å². The second kappa shape index (κ2) is 7.93. The predicted octanol–water partition coefficient (Wildman–Crippen LogP) is 3.52. The molecule has 0 saturated heterocycles. The van der Waals surface area contributed by atoms with Gasteiger partial charge in [0.1, 0.15) is 0 Å². The first-order valence-electron chi connectivity index (χ1n) is 9.50. The number of carbonyl (C=O) groups is 1. The van der Waals surface area contributed by atoms with Crippen molar-refractivity contribution < 1.29 is 4.79 Å². The molecule has 29 heavy (non-hydrogen) atoms. The fourth-order valence-electron chi connectivity index (χ4n) is 3.35. The number of hydrogen-bond acceptors (Lipinski definition) is 5. The Morgan fingerprint density at radius 2 is 1.79 bits per heavy atom. The third-order valence-electron chi connectivity index (χ3n) is 4.79. The molecule has 2 heterocycles. The van der Waals surface area contributed by atoms with Gasteiger partial charge in [-0.2, -0.15) is 15.3 Å². The van der Waals surface area contributed by atoms with Crippen LogP contribution in [-0.4, -0.2) is 44.8 Å². The quantitative estimate of drug-likeness (QED) is 0.475. The molecule has 0 atom stereocenters. The molecule has 6 nitrogen and oxygen atoms in total. The van der Waals surface area contributed by atoms with Crippen molar-refractivity contribution >= 4 is 16.7 Å². The Bertz CT molecular complexity index is 1160. The number of Topliss-reactive ketones (excluding diaryl/α,β-unsaturated/α-hetero) is 1. The number of carbonyl (C=O) groups excluding carboxylic acids is 1. The van der Waals surface area contributed by atoms with Crippen molar-refractivity contribution in [2.24, 2.45) is 7.05 Å². The molecule has 146 valence electrons. The minimum absolute atomic E-state index is 0.0402. The number of aryl methyl sites for hydroxylation is 1. The van der Waals surface area contributed by atoms with Crippen molar-refractivity contribution in [2.45, 2.75) is 13.0 Å². The van der Waals surface area contributed by atoms with Crippen LogP contribution >= 0.6 is 0 Å². The minimum Gasteiger partial charge on any atom is -0.305 e. The zero-order chi connectivity index (χ0) is 20.4. The highest BCUT2D eigenvalue weighted by atomic mass is 16.1. The van der Waals surface area contributed by atoms with Gasteiger partial charge in [0.15, 0.2) is 5.78 Å². The number of rotatable bonds is 6. The molecule has 4 rings (SSSR count). The van der Waals surface area contributed by atoms with Crippen LogP contribution in [0.15, 0.2) is 60.9 Å². The summed E-state index contributed by atoms with van der Waals surface area (Å²) >= 11 is 0. The lowest BCUT2D eigenvalue weighted by atomic mass is 10.0. The normalized spacial score (nSPS) is 11.3. The maximum absolute atomic E-state index is 12.7. The lowest BCUT2D eigenvalue weighted by Crippen LogP contribution is -2.11. The van der Waals surface area contributed by atoms with Crippen molar-refractivity contribution in [3.8, 4) is 11.1 Å². The number of ketones is 1. The van der Waals surface area contributed by atoms with Crippen LogP contribution in [0, 0.1) is 0 Å². The van der Waals surface area contributed by atoms with Crippen LogP contribution in [0.25, 0.3) is 22.0 Å². The monoisotopic (exact) mass is 385 g/mol. The van der Waals surface area contributed by atoms with E-state index in [4.69, 9.17) is 0 Å². The molecule has 4 aromatic rings. The minimum atomic E-state index is 0.0402. The first kappa shape index (κ1) is 19.0. The number of benzene rings is 2. The summed E-state index contributed by atoms with van der Waals surface area (Å²) in [6, 6.07) is 15.7. The largest absolute Gasteiger partial charge is 0.305 e. The smallest absolute Gasteiger partial charge is 0.168 e. The predicted molar refractivity (Wildman–Crippen MR) is 114 cm³/mol. The van der Waals surface area contributed by atoms with Gasteiger partial charge >= 0.3 is 0 Å². The lowest BCUT2D eigenvalue weighted by Gasteiger charge is -2.09. The average molecular weight is 385 g/mol. The Kier molecular flexibility index (Phi) is 5.18. The second-order valence-electron chi connectivity index (χ2n) is 7.55. The molecule has 2 aromatic heterocycles. The SMILES string of the molecule is CN(C)Cc1ccc(C(=O)Cc2cc3cc(-c4cnn(C)c4)ccc3nn2)cc1. The first-order valence-corrected chi connectivity index (χ1v) is 9.50. The molecule has 0 saturated carbocycles. The van der Waals surface area contributed by atoms with Crippen LogP contribution in [0.4, 0.5) is 0 Å². The molecule has 0 spiro atoms. The van der Waals surface area contributed by atoms with Gasteiger partial charge in [0.2, 0.25) is 0 Å². The van der Waals surface area contributed by atoms with E-state index in [1.165, 1.54) is 5.56 Å². The summed E-state index contributed by atoms with van der Waals surface area (Å²) in [6.07, 6.45) is 4.04. The molecule has 0 fully saturated rings. The van der Waals surface area contributed by atoms with Gasteiger partial charge in [0.25, 0.3) is 0 Å². The number of nitrogens with zero attached hydrogens (tertiary/aromatic N) is 5. The molecule has 0 aliphatic rings. The lowest BCUT2D eigenvalue weighted by molar-refractivity contribution is 0.0991. The van der Waals surface area contributed by atoms with Crippen molar-refractivity contribution in [3.63, 3.8) is 0 Å². The second-order valence-corrected chi connectivity index (χ2v) is 7.55. The highest BCUT2D eigenvalue weighted by Crippen LogP contribution is 2.23. The number of hydrogen-bond donors (Lipinski definition) is 0. The topological polar surface area (TPSA) is 63.9 Å². The molecule has 2 aromatic carbocycles. The third-order valence-corrected chi connectivity index (χ3v) is 4.79. The van der Waals surface area contributed by atoms with Crippen molar-refractivity contribution in [3.05, 3.63) is 77.7 Å².